The lowest BCUT2D eigenvalue weighted by atomic mass is 10.1. The second kappa shape index (κ2) is 8.88. The number of rotatable bonds is 5. The topological polar surface area (TPSA) is 76.2 Å². The Bertz CT molecular complexity index is 669. The highest BCUT2D eigenvalue weighted by Crippen LogP contribution is 2.21. The first-order chi connectivity index (χ1) is 12.7. The molecule has 27 heavy (non-hydrogen) atoms. The summed E-state index contributed by atoms with van der Waals surface area (Å²) in [6.07, 6.45) is -0.776. The molecule has 1 aromatic carbocycles. The highest BCUT2D eigenvalue weighted by atomic mass is 16.6. The Morgan fingerprint density at radius 3 is 2.41 bits per heavy atom. The van der Waals surface area contributed by atoms with Gasteiger partial charge in [-0.1, -0.05) is 30.3 Å². The van der Waals surface area contributed by atoms with Crippen molar-refractivity contribution < 1.29 is 23.9 Å². The van der Waals surface area contributed by atoms with Crippen LogP contribution in [0.3, 0.4) is 0 Å². The van der Waals surface area contributed by atoms with Gasteiger partial charge in [0.15, 0.2) is 0 Å². The molecule has 0 bridgehead atoms. The number of ether oxygens (including phenoxy) is 2. The van der Waals surface area contributed by atoms with Crippen molar-refractivity contribution in [3.8, 4) is 0 Å². The third kappa shape index (κ3) is 5.98. The van der Waals surface area contributed by atoms with Gasteiger partial charge in [-0.2, -0.15) is 0 Å². The predicted molar refractivity (Wildman–Crippen MR) is 99.8 cm³/mol. The summed E-state index contributed by atoms with van der Waals surface area (Å²) >= 11 is 0. The average molecular weight is 376 g/mol. The summed E-state index contributed by atoms with van der Waals surface area (Å²) in [5.74, 6) is -0.782. The number of hydrogen-bond donors (Lipinski definition) is 0. The van der Waals surface area contributed by atoms with Crippen LogP contribution >= 0.6 is 0 Å². The standard InChI is InChI=1S/C20H28N2O5/c1-5-26-17(23)13-16-18(24)21(14-15-9-7-6-8-10-15)11-12-22(16)19(25)27-20(2,3)4/h6-10,16H,5,11-14H2,1-4H3. The van der Waals surface area contributed by atoms with E-state index in [0.717, 1.165) is 5.56 Å². The van der Waals surface area contributed by atoms with Crippen LogP contribution < -0.4 is 0 Å². The van der Waals surface area contributed by atoms with Crippen molar-refractivity contribution in [3.05, 3.63) is 35.9 Å². The van der Waals surface area contributed by atoms with Gasteiger partial charge in [0.1, 0.15) is 11.6 Å². The molecule has 1 heterocycles. The van der Waals surface area contributed by atoms with Gasteiger partial charge < -0.3 is 14.4 Å². The van der Waals surface area contributed by atoms with Gasteiger partial charge in [0.25, 0.3) is 0 Å². The molecular formula is C20H28N2O5. The summed E-state index contributed by atoms with van der Waals surface area (Å²) in [6, 6.07) is 8.69. The summed E-state index contributed by atoms with van der Waals surface area (Å²) in [6.45, 7) is 8.33. The van der Waals surface area contributed by atoms with Gasteiger partial charge in [-0.3, -0.25) is 14.5 Å². The maximum Gasteiger partial charge on any atom is 0.411 e. The van der Waals surface area contributed by atoms with Crippen molar-refractivity contribution in [1.29, 1.82) is 0 Å². The molecule has 2 rings (SSSR count). The molecule has 0 aromatic heterocycles. The Labute approximate surface area is 160 Å². The Morgan fingerprint density at radius 1 is 1.15 bits per heavy atom. The minimum atomic E-state index is -0.920. The van der Waals surface area contributed by atoms with Crippen LogP contribution in [0, 0.1) is 0 Å². The summed E-state index contributed by atoms with van der Waals surface area (Å²) < 4.78 is 10.4. The Kier molecular flexibility index (Phi) is 6.82. The molecule has 0 N–H and O–H groups in total. The number of hydrogen-bond acceptors (Lipinski definition) is 5. The van der Waals surface area contributed by atoms with Gasteiger partial charge in [-0.15, -0.1) is 0 Å². The summed E-state index contributed by atoms with van der Waals surface area (Å²) in [5, 5.41) is 0. The molecule has 1 aliphatic rings. The molecule has 1 atom stereocenters. The number of nitrogens with zero attached hydrogens (tertiary/aromatic N) is 2. The minimum absolute atomic E-state index is 0.183. The Balaban J connectivity index is 2.17. The second-order valence-corrected chi connectivity index (χ2v) is 7.44. The zero-order valence-electron chi connectivity index (χ0n) is 16.4. The first kappa shape index (κ1) is 20.7. The maximum absolute atomic E-state index is 13.0. The molecular weight excluding hydrogens is 348 g/mol. The number of esters is 1. The van der Waals surface area contributed by atoms with Crippen LogP contribution in [-0.2, 0) is 25.6 Å². The smallest absolute Gasteiger partial charge is 0.411 e. The van der Waals surface area contributed by atoms with Crippen molar-refractivity contribution in [1.82, 2.24) is 9.80 Å². The van der Waals surface area contributed by atoms with Crippen LogP contribution in [0.4, 0.5) is 4.79 Å². The van der Waals surface area contributed by atoms with E-state index in [1.807, 2.05) is 30.3 Å². The third-order valence-corrected chi connectivity index (χ3v) is 4.09. The van der Waals surface area contributed by atoms with Crippen LogP contribution in [0.5, 0.6) is 0 Å². The average Bonchev–Trinajstić information content (AvgIpc) is 2.58. The van der Waals surface area contributed by atoms with E-state index >= 15 is 0 Å². The van der Waals surface area contributed by atoms with Gasteiger partial charge in [-0.25, -0.2) is 4.79 Å². The number of benzene rings is 1. The molecule has 1 aliphatic heterocycles. The molecule has 7 nitrogen and oxygen atoms in total. The first-order valence-corrected chi connectivity index (χ1v) is 9.19. The summed E-state index contributed by atoms with van der Waals surface area (Å²) in [5.41, 5.74) is 0.307. The molecule has 2 amide bonds. The molecule has 0 aliphatic carbocycles. The lowest BCUT2D eigenvalue weighted by Gasteiger charge is -2.40. The highest BCUT2D eigenvalue weighted by Gasteiger charge is 2.40. The van der Waals surface area contributed by atoms with Crippen LogP contribution in [0.2, 0.25) is 0 Å². The highest BCUT2D eigenvalue weighted by molar-refractivity contribution is 5.90. The van der Waals surface area contributed by atoms with Crippen LogP contribution in [-0.4, -0.2) is 59.1 Å². The fourth-order valence-electron chi connectivity index (χ4n) is 2.91. The summed E-state index contributed by atoms with van der Waals surface area (Å²) in [7, 11) is 0. The van der Waals surface area contributed by atoms with Crippen LogP contribution in [0.25, 0.3) is 0 Å². The maximum atomic E-state index is 13.0. The van der Waals surface area contributed by atoms with E-state index in [4.69, 9.17) is 9.47 Å². The molecule has 148 valence electrons. The SMILES string of the molecule is CCOC(=O)CC1C(=O)N(Cc2ccccc2)CCN1C(=O)OC(C)(C)C. The number of carbonyl (C=O) groups is 3. The molecule has 0 spiro atoms. The lowest BCUT2D eigenvalue weighted by Crippen LogP contribution is -2.59. The van der Waals surface area contributed by atoms with Crippen LogP contribution in [0.1, 0.15) is 39.7 Å². The van der Waals surface area contributed by atoms with E-state index in [1.165, 1.54) is 4.90 Å². The molecule has 1 aromatic rings. The van der Waals surface area contributed by atoms with Crippen molar-refractivity contribution in [2.75, 3.05) is 19.7 Å². The normalized spacial score (nSPS) is 17.6. The summed E-state index contributed by atoms with van der Waals surface area (Å²) in [4.78, 5) is 40.6. The Hall–Kier alpha value is -2.57. The number of carbonyl (C=O) groups excluding carboxylic acids is 3. The molecule has 7 heteroatoms. The van der Waals surface area contributed by atoms with E-state index in [0.29, 0.717) is 19.6 Å². The number of amides is 2. The fraction of sp³-hybridized carbons (Fsp3) is 0.550. The van der Waals surface area contributed by atoms with Crippen molar-refractivity contribution in [3.63, 3.8) is 0 Å². The van der Waals surface area contributed by atoms with E-state index in [-0.39, 0.29) is 18.9 Å². The monoisotopic (exact) mass is 376 g/mol. The first-order valence-electron chi connectivity index (χ1n) is 9.19. The quantitative estimate of drug-likeness (QED) is 0.739. The number of piperazine rings is 1. The van der Waals surface area contributed by atoms with Gasteiger partial charge in [0.2, 0.25) is 5.91 Å². The van der Waals surface area contributed by atoms with Crippen molar-refractivity contribution in [2.45, 2.75) is 52.3 Å². The zero-order chi connectivity index (χ0) is 20.0. The van der Waals surface area contributed by atoms with Crippen molar-refractivity contribution in [2.24, 2.45) is 0 Å². The lowest BCUT2D eigenvalue weighted by molar-refractivity contribution is -0.152. The van der Waals surface area contributed by atoms with Gasteiger partial charge in [0.05, 0.1) is 13.0 Å². The largest absolute Gasteiger partial charge is 0.466 e. The second-order valence-electron chi connectivity index (χ2n) is 7.44. The van der Waals surface area contributed by atoms with Gasteiger partial charge in [0, 0.05) is 19.6 Å². The minimum Gasteiger partial charge on any atom is -0.466 e. The molecule has 1 saturated heterocycles. The van der Waals surface area contributed by atoms with Crippen molar-refractivity contribution >= 4 is 18.0 Å². The molecule has 0 saturated carbocycles. The van der Waals surface area contributed by atoms with Gasteiger partial charge in [-0.05, 0) is 33.3 Å². The van der Waals surface area contributed by atoms with E-state index < -0.39 is 23.7 Å². The van der Waals surface area contributed by atoms with E-state index in [2.05, 4.69) is 0 Å². The fourth-order valence-corrected chi connectivity index (χ4v) is 2.91. The van der Waals surface area contributed by atoms with Crippen LogP contribution in [0.15, 0.2) is 30.3 Å². The van der Waals surface area contributed by atoms with Gasteiger partial charge >= 0.3 is 12.1 Å². The Morgan fingerprint density at radius 2 is 1.81 bits per heavy atom. The van der Waals surface area contributed by atoms with E-state index in [1.54, 1.807) is 32.6 Å². The molecule has 1 fully saturated rings. The molecule has 0 radical (unpaired) electrons. The predicted octanol–water partition coefficient (Wildman–Crippen LogP) is 2.59. The zero-order valence-corrected chi connectivity index (χ0v) is 16.4. The molecule has 1 unspecified atom stereocenters. The van der Waals surface area contributed by atoms with E-state index in [9.17, 15) is 14.4 Å². The third-order valence-electron chi connectivity index (χ3n) is 4.09.